The maximum absolute atomic E-state index is 12.8. The number of piperidine rings is 1. The molecule has 1 aliphatic carbocycles. The molecule has 1 aromatic heterocycles. The van der Waals surface area contributed by atoms with Crippen LogP contribution in [0.5, 0.6) is 0 Å². The highest BCUT2D eigenvalue weighted by molar-refractivity contribution is 6.04. The fourth-order valence-electron chi connectivity index (χ4n) is 3.58. The fraction of sp³-hybridized carbons (Fsp3) is 0.400. The molecule has 2 heterocycles. The second-order valence-electron chi connectivity index (χ2n) is 7.37. The minimum atomic E-state index is -0.984. The highest BCUT2D eigenvalue weighted by Gasteiger charge is 2.32. The molecule has 8 nitrogen and oxygen atoms in total. The summed E-state index contributed by atoms with van der Waals surface area (Å²) in [6.45, 7) is 0.420. The van der Waals surface area contributed by atoms with Gasteiger partial charge in [-0.15, -0.1) is 0 Å². The van der Waals surface area contributed by atoms with E-state index < -0.39 is 12.0 Å². The van der Waals surface area contributed by atoms with E-state index in [1.54, 1.807) is 30.3 Å². The molecule has 0 bridgehead atoms. The van der Waals surface area contributed by atoms with Gasteiger partial charge in [-0.2, -0.15) is 5.10 Å². The number of aliphatic carboxylic acids is 1. The van der Waals surface area contributed by atoms with Crippen LogP contribution in [-0.2, 0) is 4.79 Å². The van der Waals surface area contributed by atoms with Gasteiger partial charge in [0.15, 0.2) is 5.69 Å². The number of rotatable bonds is 5. The first-order valence-electron chi connectivity index (χ1n) is 9.53. The lowest BCUT2D eigenvalue weighted by molar-refractivity contribution is -0.143. The number of carbonyl (C=O) groups is 3. The standard InChI is InChI=1S/C20H22N4O4/c25-18(16-11-15(22-23-16)12-7-8-12)21-14-5-3-4-13(10-14)19(26)24-9-2-1-6-17(24)20(27)28/h3-5,10-12,17H,1-2,6-9H2,(H,21,25)(H,22,23)(H,27,28). The molecule has 2 fully saturated rings. The first-order valence-corrected chi connectivity index (χ1v) is 9.53. The fourth-order valence-corrected chi connectivity index (χ4v) is 3.58. The molecule has 1 saturated carbocycles. The molecule has 3 N–H and O–H groups in total. The Bertz CT molecular complexity index is 918. The number of amides is 2. The topological polar surface area (TPSA) is 115 Å². The zero-order valence-corrected chi connectivity index (χ0v) is 15.4. The van der Waals surface area contributed by atoms with Crippen molar-refractivity contribution >= 4 is 23.5 Å². The van der Waals surface area contributed by atoms with E-state index >= 15 is 0 Å². The zero-order chi connectivity index (χ0) is 19.7. The van der Waals surface area contributed by atoms with Crippen molar-refractivity contribution in [3.63, 3.8) is 0 Å². The molecule has 2 amide bonds. The number of aromatic nitrogens is 2. The molecule has 0 spiro atoms. The average Bonchev–Trinajstić information content (AvgIpc) is 3.44. The predicted molar refractivity (Wildman–Crippen MR) is 101 cm³/mol. The number of hydrogen-bond donors (Lipinski definition) is 3. The van der Waals surface area contributed by atoms with E-state index in [9.17, 15) is 19.5 Å². The molecular formula is C20H22N4O4. The van der Waals surface area contributed by atoms with Gasteiger partial charge in [-0.3, -0.25) is 14.7 Å². The third kappa shape index (κ3) is 3.76. The lowest BCUT2D eigenvalue weighted by Gasteiger charge is -2.33. The predicted octanol–water partition coefficient (Wildman–Crippen LogP) is 2.62. The highest BCUT2D eigenvalue weighted by atomic mass is 16.4. The third-order valence-electron chi connectivity index (χ3n) is 5.26. The molecule has 1 saturated heterocycles. The molecule has 146 valence electrons. The van der Waals surface area contributed by atoms with Gasteiger partial charge < -0.3 is 15.3 Å². The molecule has 2 aromatic rings. The van der Waals surface area contributed by atoms with Gasteiger partial charge in [-0.25, -0.2) is 4.79 Å². The SMILES string of the molecule is O=C(Nc1cccc(C(=O)N2CCCCC2C(=O)O)c1)c1cc(C2CC2)[nH]n1. The van der Waals surface area contributed by atoms with E-state index in [2.05, 4.69) is 15.5 Å². The van der Waals surface area contributed by atoms with Crippen LogP contribution in [0.2, 0.25) is 0 Å². The normalized spacial score (nSPS) is 19.3. The summed E-state index contributed by atoms with van der Waals surface area (Å²) in [5.41, 5.74) is 2.10. The maximum Gasteiger partial charge on any atom is 0.326 e. The van der Waals surface area contributed by atoms with Crippen molar-refractivity contribution in [1.82, 2.24) is 15.1 Å². The number of nitrogens with zero attached hydrogens (tertiary/aromatic N) is 2. The summed E-state index contributed by atoms with van der Waals surface area (Å²) < 4.78 is 0. The maximum atomic E-state index is 12.8. The van der Waals surface area contributed by atoms with Gasteiger partial charge in [0.1, 0.15) is 6.04 Å². The molecule has 2 aliphatic rings. The third-order valence-corrected chi connectivity index (χ3v) is 5.26. The molecular weight excluding hydrogens is 360 g/mol. The van der Waals surface area contributed by atoms with Crippen LogP contribution in [-0.4, -0.2) is 50.6 Å². The summed E-state index contributed by atoms with van der Waals surface area (Å²) in [7, 11) is 0. The van der Waals surface area contributed by atoms with Gasteiger partial charge in [0.25, 0.3) is 11.8 Å². The summed E-state index contributed by atoms with van der Waals surface area (Å²) in [4.78, 5) is 38.1. The second kappa shape index (κ2) is 7.46. The molecule has 1 aromatic carbocycles. The number of H-pyrrole nitrogens is 1. The van der Waals surface area contributed by atoms with E-state index in [-0.39, 0.29) is 11.8 Å². The van der Waals surface area contributed by atoms with Crippen molar-refractivity contribution < 1.29 is 19.5 Å². The zero-order valence-electron chi connectivity index (χ0n) is 15.4. The largest absolute Gasteiger partial charge is 0.480 e. The minimum absolute atomic E-state index is 0.306. The van der Waals surface area contributed by atoms with Crippen LogP contribution < -0.4 is 5.32 Å². The van der Waals surface area contributed by atoms with Crippen molar-refractivity contribution in [2.45, 2.75) is 44.1 Å². The van der Waals surface area contributed by atoms with Gasteiger partial charge in [0.05, 0.1) is 0 Å². The van der Waals surface area contributed by atoms with Crippen LogP contribution in [0, 0.1) is 0 Å². The van der Waals surface area contributed by atoms with Gasteiger partial charge in [-0.05, 0) is 56.4 Å². The highest BCUT2D eigenvalue weighted by Crippen LogP contribution is 2.39. The van der Waals surface area contributed by atoms with Crippen molar-refractivity contribution in [3.8, 4) is 0 Å². The Hall–Kier alpha value is -3.16. The Kier molecular flexibility index (Phi) is 4.85. The van der Waals surface area contributed by atoms with Crippen LogP contribution in [0.4, 0.5) is 5.69 Å². The van der Waals surface area contributed by atoms with Crippen molar-refractivity contribution in [2.24, 2.45) is 0 Å². The van der Waals surface area contributed by atoms with Crippen LogP contribution in [0.25, 0.3) is 0 Å². The number of likely N-dealkylation sites (tertiary alicyclic amines) is 1. The Balaban J connectivity index is 1.48. The summed E-state index contributed by atoms with van der Waals surface area (Å²) >= 11 is 0. The number of carbonyl (C=O) groups excluding carboxylic acids is 2. The number of nitrogens with one attached hydrogen (secondary N) is 2. The summed E-state index contributed by atoms with van der Waals surface area (Å²) in [6.07, 6.45) is 4.26. The lowest BCUT2D eigenvalue weighted by Crippen LogP contribution is -2.48. The van der Waals surface area contributed by atoms with Gasteiger partial charge in [0, 0.05) is 29.4 Å². The smallest absolute Gasteiger partial charge is 0.326 e. The molecule has 4 rings (SSSR count). The molecule has 8 heteroatoms. The summed E-state index contributed by atoms with van der Waals surface area (Å²) in [5, 5.41) is 19.1. The van der Waals surface area contributed by atoms with Gasteiger partial charge in [-0.1, -0.05) is 6.07 Å². The number of aromatic amines is 1. The minimum Gasteiger partial charge on any atom is -0.480 e. The van der Waals surface area contributed by atoms with Gasteiger partial charge >= 0.3 is 5.97 Å². The number of hydrogen-bond acceptors (Lipinski definition) is 4. The van der Waals surface area contributed by atoms with Crippen LogP contribution in [0.15, 0.2) is 30.3 Å². The first-order chi connectivity index (χ1) is 13.5. The van der Waals surface area contributed by atoms with E-state index in [4.69, 9.17) is 0 Å². The Morgan fingerprint density at radius 3 is 2.71 bits per heavy atom. The molecule has 28 heavy (non-hydrogen) atoms. The summed E-state index contributed by atoms with van der Waals surface area (Å²) in [5.74, 6) is -1.20. The van der Waals surface area contributed by atoms with E-state index in [0.29, 0.717) is 35.8 Å². The van der Waals surface area contributed by atoms with E-state index in [1.807, 2.05) is 0 Å². The molecule has 1 aliphatic heterocycles. The van der Waals surface area contributed by atoms with Crippen molar-refractivity contribution in [2.75, 3.05) is 11.9 Å². The van der Waals surface area contributed by atoms with Crippen LogP contribution >= 0.6 is 0 Å². The molecule has 0 radical (unpaired) electrons. The first kappa shape index (κ1) is 18.2. The van der Waals surface area contributed by atoms with Crippen molar-refractivity contribution in [1.29, 1.82) is 0 Å². The quantitative estimate of drug-likeness (QED) is 0.735. The number of benzene rings is 1. The number of anilines is 1. The average molecular weight is 382 g/mol. The van der Waals surface area contributed by atoms with E-state index in [1.165, 1.54) is 4.90 Å². The molecule has 1 unspecified atom stereocenters. The monoisotopic (exact) mass is 382 g/mol. The molecule has 1 atom stereocenters. The number of carboxylic acid groups (broad SMARTS) is 1. The van der Waals surface area contributed by atoms with Crippen molar-refractivity contribution in [3.05, 3.63) is 47.3 Å². The Morgan fingerprint density at radius 2 is 1.96 bits per heavy atom. The van der Waals surface area contributed by atoms with E-state index in [0.717, 1.165) is 31.4 Å². The second-order valence-corrected chi connectivity index (χ2v) is 7.37. The summed E-state index contributed by atoms with van der Waals surface area (Å²) in [6, 6.07) is 7.52. The number of carboxylic acids is 1. The van der Waals surface area contributed by atoms with Crippen LogP contribution in [0.1, 0.15) is 64.6 Å². The Morgan fingerprint density at radius 1 is 1.14 bits per heavy atom. The van der Waals surface area contributed by atoms with Gasteiger partial charge in [0.2, 0.25) is 0 Å². The van der Waals surface area contributed by atoms with Crippen LogP contribution in [0.3, 0.4) is 0 Å². The lowest BCUT2D eigenvalue weighted by atomic mass is 10.0. The Labute approximate surface area is 161 Å².